The Hall–Kier alpha value is -1.96. The molecule has 0 radical (unpaired) electrons. The van der Waals surface area contributed by atoms with Gasteiger partial charge in [0.15, 0.2) is 0 Å². The number of halogens is 3. The van der Waals surface area contributed by atoms with E-state index < -0.39 is 11.9 Å². The van der Waals surface area contributed by atoms with E-state index in [1.165, 1.54) is 0 Å². The Morgan fingerprint density at radius 2 is 2.06 bits per heavy atom. The Morgan fingerprint density at radius 1 is 1.33 bits per heavy atom. The molecule has 2 nitrogen and oxygen atoms in total. The molecule has 2 aromatic rings. The van der Waals surface area contributed by atoms with Crippen molar-refractivity contribution in [3.05, 3.63) is 35.0 Å². The number of aryl methyl sites for hydroxylation is 1. The maximum Gasteiger partial charge on any atom is 0.431 e. The van der Waals surface area contributed by atoms with Gasteiger partial charge in [0, 0.05) is 16.5 Å². The Kier molecular flexibility index (Phi) is 3.04. The van der Waals surface area contributed by atoms with E-state index in [2.05, 4.69) is 4.98 Å². The molecule has 0 aliphatic carbocycles. The number of rotatable bonds is 2. The van der Waals surface area contributed by atoms with Crippen LogP contribution in [0.25, 0.3) is 10.9 Å². The smallest absolute Gasteiger partial charge is 0.351 e. The fourth-order valence-corrected chi connectivity index (χ4v) is 2.02. The van der Waals surface area contributed by atoms with Gasteiger partial charge in [-0.2, -0.15) is 18.4 Å². The third-order valence-corrected chi connectivity index (χ3v) is 2.92. The minimum absolute atomic E-state index is 0.0373. The first-order valence-corrected chi connectivity index (χ1v) is 5.55. The Balaban J connectivity index is 2.73. The molecule has 0 fully saturated rings. The van der Waals surface area contributed by atoms with Crippen molar-refractivity contribution in [2.75, 3.05) is 0 Å². The van der Waals surface area contributed by atoms with E-state index >= 15 is 0 Å². The van der Waals surface area contributed by atoms with Gasteiger partial charge < -0.3 is 4.98 Å². The van der Waals surface area contributed by atoms with Crippen LogP contribution in [0.2, 0.25) is 0 Å². The van der Waals surface area contributed by atoms with Gasteiger partial charge in [-0.3, -0.25) is 0 Å². The molecule has 0 aliphatic rings. The number of H-pyrrole nitrogens is 1. The molecule has 1 heterocycles. The van der Waals surface area contributed by atoms with Crippen LogP contribution in [0.4, 0.5) is 13.2 Å². The summed E-state index contributed by atoms with van der Waals surface area (Å²) in [5.74, 6) is 0. The Labute approximate surface area is 102 Å². The number of fused-ring (bicyclic) bond motifs is 1. The number of nitriles is 1. The molecule has 0 aliphatic heterocycles. The summed E-state index contributed by atoms with van der Waals surface area (Å²) in [7, 11) is 0. The third kappa shape index (κ3) is 2.06. The van der Waals surface area contributed by atoms with Gasteiger partial charge in [0.1, 0.15) is 5.69 Å². The van der Waals surface area contributed by atoms with E-state index in [9.17, 15) is 13.2 Å². The van der Waals surface area contributed by atoms with Crippen LogP contribution in [0, 0.1) is 11.3 Å². The molecule has 0 amide bonds. The first-order valence-electron chi connectivity index (χ1n) is 5.55. The van der Waals surface area contributed by atoms with E-state index in [1.807, 2.05) is 6.92 Å². The normalized spacial score (nSPS) is 11.7. The van der Waals surface area contributed by atoms with Gasteiger partial charge in [-0.1, -0.05) is 13.0 Å². The van der Waals surface area contributed by atoms with E-state index in [-0.39, 0.29) is 12.0 Å². The van der Waals surface area contributed by atoms with Crippen LogP contribution in [-0.4, -0.2) is 4.98 Å². The van der Waals surface area contributed by atoms with Crippen LogP contribution < -0.4 is 0 Å². The second kappa shape index (κ2) is 4.37. The predicted molar refractivity (Wildman–Crippen MR) is 62.0 cm³/mol. The van der Waals surface area contributed by atoms with Crippen molar-refractivity contribution in [3.8, 4) is 6.07 Å². The van der Waals surface area contributed by atoms with Gasteiger partial charge in [-0.25, -0.2) is 0 Å². The lowest BCUT2D eigenvalue weighted by Crippen LogP contribution is -2.08. The number of nitrogens with one attached hydrogen (secondary N) is 1. The highest BCUT2D eigenvalue weighted by atomic mass is 19.4. The fraction of sp³-hybridized carbons (Fsp3) is 0.308. The lowest BCUT2D eigenvalue weighted by Gasteiger charge is -2.05. The molecule has 94 valence electrons. The Bertz CT molecular complexity index is 617. The Morgan fingerprint density at radius 3 is 2.61 bits per heavy atom. The number of alkyl halides is 3. The zero-order chi connectivity index (χ0) is 13.3. The number of hydrogen-bond acceptors (Lipinski definition) is 1. The molecule has 1 aromatic heterocycles. The summed E-state index contributed by atoms with van der Waals surface area (Å²) in [4.78, 5) is 2.36. The first-order chi connectivity index (χ1) is 8.47. The minimum Gasteiger partial charge on any atom is -0.351 e. The summed E-state index contributed by atoms with van der Waals surface area (Å²) in [5.41, 5.74) is 0.599. The van der Waals surface area contributed by atoms with Crippen molar-refractivity contribution in [3.63, 3.8) is 0 Å². The van der Waals surface area contributed by atoms with Gasteiger partial charge in [-0.05, 0) is 24.1 Å². The molecule has 0 bridgehead atoms. The van der Waals surface area contributed by atoms with Crippen LogP contribution in [0.15, 0.2) is 18.2 Å². The van der Waals surface area contributed by atoms with Crippen molar-refractivity contribution in [1.29, 1.82) is 5.26 Å². The molecular weight excluding hydrogens is 241 g/mol. The number of benzene rings is 1. The highest BCUT2D eigenvalue weighted by Crippen LogP contribution is 2.36. The highest BCUT2D eigenvalue weighted by molar-refractivity contribution is 5.86. The first kappa shape index (κ1) is 12.5. The number of aromatic nitrogens is 1. The summed E-state index contributed by atoms with van der Waals surface area (Å²) in [5, 5.41) is 9.17. The van der Waals surface area contributed by atoms with E-state index in [4.69, 9.17) is 5.26 Å². The van der Waals surface area contributed by atoms with Gasteiger partial charge >= 0.3 is 6.18 Å². The fourth-order valence-electron chi connectivity index (χ4n) is 2.02. The van der Waals surface area contributed by atoms with Gasteiger partial charge in [0.05, 0.1) is 12.5 Å². The monoisotopic (exact) mass is 252 g/mol. The largest absolute Gasteiger partial charge is 0.431 e. The van der Waals surface area contributed by atoms with Crippen molar-refractivity contribution >= 4 is 10.9 Å². The lowest BCUT2D eigenvalue weighted by atomic mass is 10.0. The molecule has 0 saturated heterocycles. The van der Waals surface area contributed by atoms with Crippen molar-refractivity contribution in [2.45, 2.75) is 25.9 Å². The SMILES string of the molecule is CCc1ccc2[nH]c(C(F)(F)F)c(CC#N)c2c1. The van der Waals surface area contributed by atoms with Crippen molar-refractivity contribution < 1.29 is 13.2 Å². The number of aromatic amines is 1. The molecule has 0 atom stereocenters. The van der Waals surface area contributed by atoms with Gasteiger partial charge in [0.25, 0.3) is 0 Å². The van der Waals surface area contributed by atoms with Crippen molar-refractivity contribution in [1.82, 2.24) is 4.98 Å². The lowest BCUT2D eigenvalue weighted by molar-refractivity contribution is -0.141. The summed E-state index contributed by atoms with van der Waals surface area (Å²) in [6, 6.07) is 6.92. The van der Waals surface area contributed by atoms with Crippen LogP contribution in [0.1, 0.15) is 23.7 Å². The highest BCUT2D eigenvalue weighted by Gasteiger charge is 2.36. The van der Waals surface area contributed by atoms with Gasteiger partial charge in [-0.15, -0.1) is 0 Å². The molecule has 5 heteroatoms. The van der Waals surface area contributed by atoms with Crippen molar-refractivity contribution in [2.24, 2.45) is 0 Å². The zero-order valence-electron chi connectivity index (χ0n) is 9.73. The predicted octanol–water partition coefficient (Wildman–Crippen LogP) is 3.82. The topological polar surface area (TPSA) is 39.6 Å². The molecular formula is C13H11F3N2. The summed E-state index contributed by atoms with van der Waals surface area (Å²) < 4.78 is 38.6. The van der Waals surface area contributed by atoms with Crippen LogP contribution in [0.5, 0.6) is 0 Å². The van der Waals surface area contributed by atoms with Crippen LogP contribution in [-0.2, 0) is 19.0 Å². The van der Waals surface area contributed by atoms with E-state index in [0.717, 1.165) is 12.0 Å². The third-order valence-electron chi connectivity index (χ3n) is 2.92. The maximum atomic E-state index is 12.9. The minimum atomic E-state index is -4.46. The van der Waals surface area contributed by atoms with Crippen LogP contribution in [0.3, 0.4) is 0 Å². The summed E-state index contributed by atoms with van der Waals surface area (Å²) >= 11 is 0. The van der Waals surface area contributed by atoms with E-state index in [0.29, 0.717) is 10.9 Å². The molecule has 1 N–H and O–H groups in total. The maximum absolute atomic E-state index is 12.9. The number of nitrogens with zero attached hydrogens (tertiary/aromatic N) is 1. The van der Waals surface area contributed by atoms with Gasteiger partial charge in [0.2, 0.25) is 0 Å². The molecule has 18 heavy (non-hydrogen) atoms. The molecule has 0 spiro atoms. The standard InChI is InChI=1S/C13H11F3N2/c1-2-8-3-4-11-10(7-8)9(5-6-17)12(18-11)13(14,15)16/h3-4,7,18H,2,5H2,1H3. The molecule has 1 aromatic carbocycles. The van der Waals surface area contributed by atoms with Crippen LogP contribution >= 0.6 is 0 Å². The average Bonchev–Trinajstić information content (AvgIpc) is 2.68. The molecule has 0 unspecified atom stereocenters. The summed E-state index contributed by atoms with van der Waals surface area (Å²) in [6.45, 7) is 1.93. The zero-order valence-corrected chi connectivity index (χ0v) is 9.73. The second-order valence-corrected chi connectivity index (χ2v) is 4.04. The average molecular weight is 252 g/mol. The quantitative estimate of drug-likeness (QED) is 0.867. The number of hydrogen-bond donors (Lipinski definition) is 1. The van der Waals surface area contributed by atoms with E-state index in [1.54, 1.807) is 24.3 Å². The molecule has 0 saturated carbocycles. The second-order valence-electron chi connectivity index (χ2n) is 4.04. The molecule has 2 rings (SSSR count). The summed E-state index contributed by atoms with van der Waals surface area (Å²) in [6.07, 6.45) is -3.96.